The highest BCUT2D eigenvalue weighted by atomic mass is 16.5. The molecule has 2 aromatic rings. The minimum atomic E-state index is -0.278. The average Bonchev–Trinajstić information content (AvgIpc) is 2.54. The van der Waals surface area contributed by atoms with Crippen LogP contribution in [0.15, 0.2) is 54.6 Å². The van der Waals surface area contributed by atoms with Crippen molar-refractivity contribution in [3.63, 3.8) is 0 Å². The molecule has 0 aliphatic rings. The third-order valence-electron chi connectivity index (χ3n) is 3.37. The third kappa shape index (κ3) is 4.09. The second-order valence-electron chi connectivity index (χ2n) is 4.77. The summed E-state index contributed by atoms with van der Waals surface area (Å²) in [4.78, 5) is 12.2. The van der Waals surface area contributed by atoms with Crippen LogP contribution in [0.5, 0.6) is 5.75 Å². The third-order valence-corrected chi connectivity index (χ3v) is 3.37. The van der Waals surface area contributed by atoms with Crippen LogP contribution in [0.2, 0.25) is 0 Å². The normalized spacial score (nSPS) is 11.7. The molecule has 0 radical (unpaired) electrons. The van der Waals surface area contributed by atoms with E-state index >= 15 is 0 Å². The van der Waals surface area contributed by atoms with Crippen molar-refractivity contribution in [3.05, 3.63) is 65.7 Å². The molecular weight excluding hydrogens is 264 g/mol. The van der Waals surface area contributed by atoms with Gasteiger partial charge < -0.3 is 9.47 Å². The first-order valence-corrected chi connectivity index (χ1v) is 7.09. The Balaban J connectivity index is 2.21. The maximum atomic E-state index is 12.2. The highest BCUT2D eigenvalue weighted by Gasteiger charge is 2.22. The van der Waals surface area contributed by atoms with Gasteiger partial charge in [-0.1, -0.05) is 42.5 Å². The first-order chi connectivity index (χ1) is 10.2. The maximum Gasteiger partial charge on any atom is 0.313 e. The van der Waals surface area contributed by atoms with Crippen LogP contribution in [0.4, 0.5) is 0 Å². The SMILES string of the molecule is CCOC(=O)C(Cc1ccc(OC)cc1)c1ccccc1. The van der Waals surface area contributed by atoms with Crippen molar-refractivity contribution in [3.8, 4) is 5.75 Å². The van der Waals surface area contributed by atoms with Crippen LogP contribution in [0.25, 0.3) is 0 Å². The van der Waals surface area contributed by atoms with E-state index in [0.29, 0.717) is 13.0 Å². The van der Waals surface area contributed by atoms with Crippen molar-refractivity contribution in [1.82, 2.24) is 0 Å². The van der Waals surface area contributed by atoms with Crippen molar-refractivity contribution in [2.75, 3.05) is 13.7 Å². The molecule has 3 heteroatoms. The van der Waals surface area contributed by atoms with E-state index in [0.717, 1.165) is 16.9 Å². The molecule has 0 fully saturated rings. The number of benzene rings is 2. The molecule has 0 amide bonds. The summed E-state index contributed by atoms with van der Waals surface area (Å²) in [6.07, 6.45) is 0.618. The van der Waals surface area contributed by atoms with Crippen molar-refractivity contribution < 1.29 is 14.3 Å². The topological polar surface area (TPSA) is 35.5 Å². The van der Waals surface area contributed by atoms with E-state index in [-0.39, 0.29) is 11.9 Å². The fourth-order valence-electron chi connectivity index (χ4n) is 2.26. The van der Waals surface area contributed by atoms with Crippen LogP contribution < -0.4 is 4.74 Å². The van der Waals surface area contributed by atoms with Crippen molar-refractivity contribution >= 4 is 5.97 Å². The standard InChI is InChI=1S/C18H20O3/c1-3-21-18(19)17(15-7-5-4-6-8-15)13-14-9-11-16(20-2)12-10-14/h4-12,17H,3,13H2,1-2H3. The summed E-state index contributed by atoms with van der Waals surface area (Å²) in [5.74, 6) is 0.352. The van der Waals surface area contributed by atoms with Gasteiger partial charge in [-0.15, -0.1) is 0 Å². The van der Waals surface area contributed by atoms with Gasteiger partial charge in [-0.3, -0.25) is 4.79 Å². The van der Waals surface area contributed by atoms with E-state index < -0.39 is 0 Å². The Hall–Kier alpha value is -2.29. The minimum absolute atomic E-state index is 0.181. The number of hydrogen-bond acceptors (Lipinski definition) is 3. The van der Waals surface area contributed by atoms with E-state index in [4.69, 9.17) is 9.47 Å². The van der Waals surface area contributed by atoms with Gasteiger partial charge in [0.25, 0.3) is 0 Å². The molecule has 3 nitrogen and oxygen atoms in total. The first kappa shape index (κ1) is 15.1. The summed E-state index contributed by atoms with van der Waals surface area (Å²) in [7, 11) is 1.64. The van der Waals surface area contributed by atoms with Crippen LogP contribution >= 0.6 is 0 Å². The quantitative estimate of drug-likeness (QED) is 0.761. The van der Waals surface area contributed by atoms with Crippen molar-refractivity contribution in [2.24, 2.45) is 0 Å². The summed E-state index contributed by atoms with van der Waals surface area (Å²) >= 11 is 0. The molecule has 0 aliphatic carbocycles. The van der Waals surface area contributed by atoms with Crippen molar-refractivity contribution in [1.29, 1.82) is 0 Å². The molecule has 0 aliphatic heterocycles. The molecule has 21 heavy (non-hydrogen) atoms. The molecule has 0 saturated carbocycles. The van der Waals surface area contributed by atoms with Gasteiger partial charge in [0.05, 0.1) is 19.6 Å². The molecule has 0 saturated heterocycles. The van der Waals surface area contributed by atoms with E-state index in [2.05, 4.69) is 0 Å². The van der Waals surface area contributed by atoms with Gasteiger partial charge in [-0.2, -0.15) is 0 Å². The lowest BCUT2D eigenvalue weighted by Gasteiger charge is -2.16. The van der Waals surface area contributed by atoms with Gasteiger partial charge in [0.15, 0.2) is 0 Å². The van der Waals surface area contributed by atoms with Gasteiger partial charge in [0.1, 0.15) is 5.75 Å². The fraction of sp³-hybridized carbons (Fsp3) is 0.278. The zero-order valence-corrected chi connectivity index (χ0v) is 12.4. The van der Waals surface area contributed by atoms with Crippen LogP contribution in [0.1, 0.15) is 24.0 Å². The van der Waals surface area contributed by atoms with E-state index in [1.807, 2.05) is 61.5 Å². The Morgan fingerprint density at radius 2 is 1.71 bits per heavy atom. The maximum absolute atomic E-state index is 12.2. The molecule has 1 unspecified atom stereocenters. The minimum Gasteiger partial charge on any atom is -0.497 e. The molecule has 110 valence electrons. The Bertz CT molecular complexity index is 561. The van der Waals surface area contributed by atoms with Gasteiger partial charge in [0.2, 0.25) is 0 Å². The smallest absolute Gasteiger partial charge is 0.313 e. The number of carbonyl (C=O) groups is 1. The lowest BCUT2D eigenvalue weighted by molar-refractivity contribution is -0.144. The number of esters is 1. The lowest BCUT2D eigenvalue weighted by Crippen LogP contribution is -2.18. The zero-order chi connectivity index (χ0) is 15.1. The Labute approximate surface area is 125 Å². The lowest BCUT2D eigenvalue weighted by atomic mass is 9.92. The fourth-order valence-corrected chi connectivity index (χ4v) is 2.26. The highest BCUT2D eigenvalue weighted by molar-refractivity contribution is 5.78. The number of rotatable bonds is 6. The second kappa shape index (κ2) is 7.48. The van der Waals surface area contributed by atoms with Gasteiger partial charge in [-0.25, -0.2) is 0 Å². The summed E-state index contributed by atoms with van der Waals surface area (Å²) in [5, 5.41) is 0. The summed E-state index contributed by atoms with van der Waals surface area (Å²) in [6, 6.07) is 17.5. The largest absolute Gasteiger partial charge is 0.497 e. The Morgan fingerprint density at radius 1 is 1.05 bits per heavy atom. The molecule has 0 aromatic heterocycles. The number of hydrogen-bond donors (Lipinski definition) is 0. The second-order valence-corrected chi connectivity index (χ2v) is 4.77. The molecule has 0 N–H and O–H groups in total. The predicted octanol–water partition coefficient (Wildman–Crippen LogP) is 3.58. The van der Waals surface area contributed by atoms with E-state index in [9.17, 15) is 4.79 Å². The summed E-state index contributed by atoms with van der Waals surface area (Å²) in [5.41, 5.74) is 2.06. The summed E-state index contributed by atoms with van der Waals surface area (Å²) < 4.78 is 10.4. The number of methoxy groups -OCH3 is 1. The molecule has 0 heterocycles. The van der Waals surface area contributed by atoms with E-state index in [1.54, 1.807) is 7.11 Å². The average molecular weight is 284 g/mol. The van der Waals surface area contributed by atoms with Crippen LogP contribution in [-0.2, 0) is 16.0 Å². The Kier molecular flexibility index (Phi) is 5.38. The monoisotopic (exact) mass is 284 g/mol. The number of carbonyl (C=O) groups excluding carboxylic acids is 1. The number of ether oxygens (including phenoxy) is 2. The van der Waals surface area contributed by atoms with Crippen LogP contribution in [0.3, 0.4) is 0 Å². The molecule has 2 aromatic carbocycles. The first-order valence-electron chi connectivity index (χ1n) is 7.09. The van der Waals surface area contributed by atoms with Gasteiger partial charge in [0, 0.05) is 0 Å². The van der Waals surface area contributed by atoms with Gasteiger partial charge in [-0.05, 0) is 36.6 Å². The molecule has 0 spiro atoms. The van der Waals surface area contributed by atoms with Crippen LogP contribution in [-0.4, -0.2) is 19.7 Å². The summed E-state index contributed by atoms with van der Waals surface area (Å²) in [6.45, 7) is 2.22. The molecule has 2 rings (SSSR count). The van der Waals surface area contributed by atoms with E-state index in [1.165, 1.54) is 0 Å². The molecule has 0 bridgehead atoms. The Morgan fingerprint density at radius 3 is 2.29 bits per heavy atom. The zero-order valence-electron chi connectivity index (χ0n) is 12.4. The highest BCUT2D eigenvalue weighted by Crippen LogP contribution is 2.23. The predicted molar refractivity (Wildman–Crippen MR) is 82.5 cm³/mol. The van der Waals surface area contributed by atoms with Crippen LogP contribution in [0, 0.1) is 0 Å². The van der Waals surface area contributed by atoms with Gasteiger partial charge >= 0.3 is 5.97 Å². The van der Waals surface area contributed by atoms with Crippen molar-refractivity contribution in [2.45, 2.75) is 19.3 Å². The molecular formula is C18H20O3. The molecule has 1 atom stereocenters.